The van der Waals surface area contributed by atoms with Gasteiger partial charge in [-0.2, -0.15) is 0 Å². The number of carbonyl (C=O) groups excluding carboxylic acids is 2. The zero-order chi connectivity index (χ0) is 17.4. The van der Waals surface area contributed by atoms with Gasteiger partial charge in [0.2, 0.25) is 11.8 Å². The molecule has 0 saturated carbocycles. The fourth-order valence-electron chi connectivity index (χ4n) is 2.47. The molecule has 0 aromatic rings. The van der Waals surface area contributed by atoms with Crippen LogP contribution in [0.15, 0.2) is 0 Å². The van der Waals surface area contributed by atoms with Gasteiger partial charge in [-0.25, -0.2) is 0 Å². The van der Waals surface area contributed by atoms with Crippen LogP contribution in [-0.2, 0) is 14.3 Å². The molecule has 7 N–H and O–H groups in total. The first-order chi connectivity index (χ1) is 10.9. The highest BCUT2D eigenvalue weighted by molar-refractivity contribution is 5.76. The maximum atomic E-state index is 11.9. The minimum atomic E-state index is -1.37. The standard InChI is InChI=1S/C14H27N3O6/c1-8(19)16-11-13(22)12(21)9(7-18)23-14(11)17-10(20)5-3-2-4-6-15/h9,11-14,18,21-22H,2-7,15H2,1H3,(H,16,19)(H,17,20)/t9-,11-,12+,13-,14-/m0/s1. The highest BCUT2D eigenvalue weighted by atomic mass is 16.5. The highest BCUT2D eigenvalue weighted by Gasteiger charge is 2.45. The Balaban J connectivity index is 2.65. The summed E-state index contributed by atoms with van der Waals surface area (Å²) in [5.41, 5.74) is 5.38. The van der Waals surface area contributed by atoms with Crippen molar-refractivity contribution in [2.24, 2.45) is 5.73 Å². The van der Waals surface area contributed by atoms with Crippen LogP contribution in [0.5, 0.6) is 0 Å². The van der Waals surface area contributed by atoms with E-state index in [0.717, 1.165) is 12.8 Å². The van der Waals surface area contributed by atoms with Gasteiger partial charge in [-0.05, 0) is 19.4 Å². The number of nitrogens with one attached hydrogen (secondary N) is 2. The lowest BCUT2D eigenvalue weighted by atomic mass is 9.95. The van der Waals surface area contributed by atoms with E-state index >= 15 is 0 Å². The quantitative estimate of drug-likeness (QED) is 0.270. The van der Waals surface area contributed by atoms with Crippen molar-refractivity contribution in [2.45, 2.75) is 63.2 Å². The summed E-state index contributed by atoms with van der Waals surface area (Å²) < 4.78 is 5.40. The predicted octanol–water partition coefficient (Wildman–Crippen LogP) is -2.43. The average molecular weight is 333 g/mol. The molecular formula is C14H27N3O6. The van der Waals surface area contributed by atoms with E-state index < -0.39 is 43.1 Å². The zero-order valence-corrected chi connectivity index (χ0v) is 13.3. The molecule has 5 atom stereocenters. The maximum absolute atomic E-state index is 11.9. The van der Waals surface area contributed by atoms with Gasteiger partial charge in [0.25, 0.3) is 0 Å². The Morgan fingerprint density at radius 3 is 2.39 bits per heavy atom. The number of unbranched alkanes of at least 4 members (excludes halogenated alkanes) is 2. The SMILES string of the molecule is CC(=O)N[C@H]1[C@H](O)[C@H](O)[C@H](CO)O[C@@H]1NC(=O)CCCCCN. The van der Waals surface area contributed by atoms with E-state index in [1.54, 1.807) is 0 Å². The number of hydrogen-bond acceptors (Lipinski definition) is 7. The zero-order valence-electron chi connectivity index (χ0n) is 13.3. The molecule has 1 aliphatic rings. The summed E-state index contributed by atoms with van der Waals surface area (Å²) >= 11 is 0. The average Bonchev–Trinajstić information content (AvgIpc) is 2.50. The molecule has 1 saturated heterocycles. The van der Waals surface area contributed by atoms with E-state index in [1.165, 1.54) is 6.92 Å². The fraction of sp³-hybridized carbons (Fsp3) is 0.857. The number of aliphatic hydroxyl groups excluding tert-OH is 3. The molecule has 134 valence electrons. The van der Waals surface area contributed by atoms with Crippen LogP contribution >= 0.6 is 0 Å². The largest absolute Gasteiger partial charge is 0.394 e. The molecule has 1 fully saturated rings. The number of carbonyl (C=O) groups is 2. The molecule has 1 rings (SSSR count). The minimum absolute atomic E-state index is 0.259. The van der Waals surface area contributed by atoms with Gasteiger partial charge in [0, 0.05) is 13.3 Å². The number of ether oxygens (including phenoxy) is 1. The first kappa shape index (κ1) is 19.8. The van der Waals surface area contributed by atoms with Crippen LogP contribution in [0.1, 0.15) is 32.6 Å². The van der Waals surface area contributed by atoms with E-state index in [-0.39, 0.29) is 12.3 Å². The highest BCUT2D eigenvalue weighted by Crippen LogP contribution is 2.20. The molecular weight excluding hydrogens is 306 g/mol. The van der Waals surface area contributed by atoms with E-state index in [1.807, 2.05) is 0 Å². The third-order valence-corrected chi connectivity index (χ3v) is 3.71. The Labute approximate surface area is 135 Å². The topological polar surface area (TPSA) is 154 Å². The van der Waals surface area contributed by atoms with Gasteiger partial charge < -0.3 is 36.4 Å². The van der Waals surface area contributed by atoms with Crippen molar-refractivity contribution < 1.29 is 29.6 Å². The number of rotatable bonds is 8. The van der Waals surface area contributed by atoms with E-state index in [2.05, 4.69) is 10.6 Å². The molecule has 0 bridgehead atoms. The van der Waals surface area contributed by atoms with Gasteiger partial charge in [0.15, 0.2) is 6.23 Å². The first-order valence-corrected chi connectivity index (χ1v) is 7.79. The summed E-state index contributed by atoms with van der Waals surface area (Å²) in [5, 5.41) is 34.2. The van der Waals surface area contributed by atoms with Crippen LogP contribution in [0.3, 0.4) is 0 Å². The van der Waals surface area contributed by atoms with Crippen LogP contribution in [-0.4, -0.2) is 70.9 Å². The number of aliphatic hydroxyl groups is 3. The second-order valence-electron chi connectivity index (χ2n) is 5.65. The fourth-order valence-corrected chi connectivity index (χ4v) is 2.47. The molecule has 1 heterocycles. The van der Waals surface area contributed by atoms with Gasteiger partial charge in [-0.3, -0.25) is 9.59 Å². The lowest BCUT2D eigenvalue weighted by molar-refractivity contribution is -0.203. The van der Waals surface area contributed by atoms with E-state index in [4.69, 9.17) is 10.5 Å². The summed E-state index contributed by atoms with van der Waals surface area (Å²) in [5.74, 6) is -0.739. The monoisotopic (exact) mass is 333 g/mol. The number of amides is 2. The van der Waals surface area contributed by atoms with E-state index in [9.17, 15) is 24.9 Å². The molecule has 0 aromatic carbocycles. The lowest BCUT2D eigenvalue weighted by Gasteiger charge is -2.42. The normalized spacial score (nSPS) is 30.7. The van der Waals surface area contributed by atoms with Crippen molar-refractivity contribution in [2.75, 3.05) is 13.2 Å². The summed E-state index contributed by atoms with van der Waals surface area (Å²) in [4.78, 5) is 23.2. The van der Waals surface area contributed by atoms with Crippen LogP contribution in [0.4, 0.5) is 0 Å². The second kappa shape index (κ2) is 9.78. The van der Waals surface area contributed by atoms with Gasteiger partial charge >= 0.3 is 0 Å². The van der Waals surface area contributed by atoms with Gasteiger partial charge in [0.1, 0.15) is 24.4 Å². The van der Waals surface area contributed by atoms with Gasteiger partial charge in [-0.1, -0.05) is 6.42 Å². The minimum Gasteiger partial charge on any atom is -0.394 e. The Morgan fingerprint density at radius 2 is 1.83 bits per heavy atom. The number of hydrogen-bond donors (Lipinski definition) is 6. The Morgan fingerprint density at radius 1 is 1.13 bits per heavy atom. The van der Waals surface area contributed by atoms with E-state index in [0.29, 0.717) is 13.0 Å². The molecule has 0 aromatic heterocycles. The van der Waals surface area contributed by atoms with Crippen LogP contribution in [0.25, 0.3) is 0 Å². The Bertz CT molecular complexity index is 395. The molecule has 0 spiro atoms. The third kappa shape index (κ3) is 6.04. The maximum Gasteiger partial charge on any atom is 0.222 e. The van der Waals surface area contributed by atoms with Gasteiger partial charge in [0.05, 0.1) is 6.61 Å². The summed E-state index contributed by atoms with van der Waals surface area (Å²) in [6.45, 7) is 1.30. The van der Waals surface area contributed by atoms with Crippen molar-refractivity contribution in [1.29, 1.82) is 0 Å². The molecule has 1 aliphatic heterocycles. The second-order valence-corrected chi connectivity index (χ2v) is 5.65. The van der Waals surface area contributed by atoms with Crippen molar-refractivity contribution in [3.05, 3.63) is 0 Å². The summed E-state index contributed by atoms with van der Waals surface area (Å²) in [7, 11) is 0. The van der Waals surface area contributed by atoms with Crippen molar-refractivity contribution in [3.8, 4) is 0 Å². The first-order valence-electron chi connectivity index (χ1n) is 7.79. The van der Waals surface area contributed by atoms with Crippen molar-refractivity contribution in [3.63, 3.8) is 0 Å². The predicted molar refractivity (Wildman–Crippen MR) is 81.0 cm³/mol. The van der Waals surface area contributed by atoms with Crippen LogP contribution in [0, 0.1) is 0 Å². The summed E-state index contributed by atoms with van der Waals surface area (Å²) in [6, 6.07) is -1.00. The molecule has 0 radical (unpaired) electrons. The van der Waals surface area contributed by atoms with Crippen LogP contribution < -0.4 is 16.4 Å². The van der Waals surface area contributed by atoms with Crippen molar-refractivity contribution in [1.82, 2.24) is 10.6 Å². The lowest BCUT2D eigenvalue weighted by Crippen LogP contribution is -2.68. The molecule has 9 nitrogen and oxygen atoms in total. The smallest absolute Gasteiger partial charge is 0.222 e. The molecule has 0 unspecified atom stereocenters. The molecule has 0 aliphatic carbocycles. The Hall–Kier alpha value is -1.26. The van der Waals surface area contributed by atoms with Gasteiger partial charge in [-0.15, -0.1) is 0 Å². The molecule has 9 heteroatoms. The number of nitrogens with two attached hydrogens (primary N) is 1. The molecule has 23 heavy (non-hydrogen) atoms. The molecule has 2 amide bonds. The van der Waals surface area contributed by atoms with Crippen LogP contribution in [0.2, 0.25) is 0 Å². The Kier molecular flexibility index (Phi) is 8.42. The van der Waals surface area contributed by atoms with Crippen molar-refractivity contribution >= 4 is 11.8 Å². The third-order valence-electron chi connectivity index (χ3n) is 3.71. The summed E-state index contributed by atoms with van der Waals surface area (Å²) in [6.07, 6.45) is -2.23.